The number of nitrogens with zero attached hydrogens (tertiary/aromatic N) is 1. The molecule has 0 fully saturated rings. The van der Waals surface area contributed by atoms with Gasteiger partial charge in [0.25, 0.3) is 5.69 Å². The number of hydrogen-bond acceptors (Lipinski definition) is 7. The van der Waals surface area contributed by atoms with Gasteiger partial charge in [-0.05, 0) is 11.6 Å². The number of nitrogens with one attached hydrogen (secondary N) is 1. The minimum absolute atomic E-state index is 0.00153. The molecular weight excluding hydrogens is 404 g/mol. The van der Waals surface area contributed by atoms with Gasteiger partial charge in [-0.15, -0.1) is 0 Å². The molecular formula is C15H13ClN2O6S2. The van der Waals surface area contributed by atoms with E-state index in [1.165, 1.54) is 12.1 Å². The molecule has 3 aliphatic rings. The molecule has 0 amide bonds. The lowest BCUT2D eigenvalue weighted by Crippen LogP contribution is -2.26. The van der Waals surface area contributed by atoms with E-state index in [2.05, 4.69) is 5.32 Å². The normalized spacial score (nSPS) is 23.6. The van der Waals surface area contributed by atoms with Crippen LogP contribution in [-0.2, 0) is 19.7 Å². The van der Waals surface area contributed by atoms with E-state index >= 15 is 0 Å². The predicted octanol–water partition coefficient (Wildman–Crippen LogP) is 2.00. The fraction of sp³-hybridized carbons (Fsp3) is 0.333. The average molecular weight is 417 g/mol. The minimum atomic E-state index is -3.66. The molecule has 8 nitrogen and oxygen atoms in total. The third-order valence-electron chi connectivity index (χ3n) is 4.83. The second-order valence-corrected chi connectivity index (χ2v) is 10.9. The van der Waals surface area contributed by atoms with Gasteiger partial charge >= 0.3 is 0 Å². The van der Waals surface area contributed by atoms with Crippen LogP contribution in [0.1, 0.15) is 24.3 Å². The van der Waals surface area contributed by atoms with Crippen molar-refractivity contribution in [1.82, 2.24) is 5.32 Å². The van der Waals surface area contributed by atoms with Gasteiger partial charge < -0.3 is 5.32 Å². The number of benzene rings is 1. The van der Waals surface area contributed by atoms with Crippen molar-refractivity contribution >= 4 is 37.0 Å². The number of halogens is 1. The van der Waals surface area contributed by atoms with Crippen LogP contribution in [0, 0.1) is 10.1 Å². The second kappa shape index (κ2) is 5.54. The number of nitro benzene ring substituents is 1. The number of dihydropyridines is 1. The summed E-state index contributed by atoms with van der Waals surface area (Å²) in [7, 11) is -7.32. The highest BCUT2D eigenvalue weighted by atomic mass is 35.5. The molecule has 1 aromatic carbocycles. The quantitative estimate of drug-likeness (QED) is 0.577. The molecule has 26 heavy (non-hydrogen) atoms. The maximum atomic E-state index is 12.6. The summed E-state index contributed by atoms with van der Waals surface area (Å²) < 4.78 is 50.4. The van der Waals surface area contributed by atoms with E-state index in [0.29, 0.717) is 11.4 Å². The van der Waals surface area contributed by atoms with Crippen molar-refractivity contribution in [2.45, 2.75) is 18.8 Å². The molecule has 0 aromatic heterocycles. The van der Waals surface area contributed by atoms with Crippen molar-refractivity contribution in [2.24, 2.45) is 0 Å². The molecule has 11 heteroatoms. The lowest BCUT2D eigenvalue weighted by Gasteiger charge is -2.27. The molecule has 4 rings (SSSR count). The van der Waals surface area contributed by atoms with Crippen LogP contribution in [0.3, 0.4) is 0 Å². The average Bonchev–Trinajstić information content (AvgIpc) is 3.03. The fourth-order valence-corrected chi connectivity index (χ4v) is 7.65. The minimum Gasteiger partial charge on any atom is -0.361 e. The van der Waals surface area contributed by atoms with Gasteiger partial charge in [0.05, 0.1) is 32.2 Å². The zero-order chi connectivity index (χ0) is 18.9. The second-order valence-electron chi connectivity index (χ2n) is 6.35. The number of hydrogen-bond donors (Lipinski definition) is 1. The predicted molar refractivity (Wildman–Crippen MR) is 94.8 cm³/mol. The first kappa shape index (κ1) is 17.5. The summed E-state index contributed by atoms with van der Waals surface area (Å²) in [6.45, 7) is 0. The molecule has 1 N–H and O–H groups in total. The third kappa shape index (κ3) is 2.47. The smallest absolute Gasteiger partial charge is 0.288 e. The van der Waals surface area contributed by atoms with Crippen LogP contribution < -0.4 is 5.32 Å². The van der Waals surface area contributed by atoms with Crippen LogP contribution in [0.5, 0.6) is 0 Å². The first-order valence-electron chi connectivity index (χ1n) is 7.74. The molecule has 3 aliphatic heterocycles. The van der Waals surface area contributed by atoms with Crippen LogP contribution in [0.4, 0.5) is 5.69 Å². The Hall–Kier alpha value is -1.91. The van der Waals surface area contributed by atoms with Crippen molar-refractivity contribution in [3.8, 4) is 0 Å². The van der Waals surface area contributed by atoms with E-state index in [4.69, 9.17) is 11.6 Å². The lowest BCUT2D eigenvalue weighted by atomic mass is 9.92. The van der Waals surface area contributed by atoms with E-state index < -0.39 is 36.2 Å². The van der Waals surface area contributed by atoms with E-state index in [1.807, 2.05) is 0 Å². The Balaban J connectivity index is 2.00. The summed E-state index contributed by atoms with van der Waals surface area (Å²) in [6.07, 6.45) is 0.529. The molecule has 0 radical (unpaired) electrons. The molecule has 0 atom stereocenters. The molecule has 0 saturated heterocycles. The first-order chi connectivity index (χ1) is 12.1. The fourth-order valence-electron chi connectivity index (χ4n) is 3.72. The standard InChI is InChI=1S/C15H13ClN2O6S2/c16-9-2-1-8(7-12(9)18(19)20)13-14-10(3-5-25(14,21)22)17-11-4-6-26(23,24)15(11)13/h1-2,7,13,17H,3-6H2. The summed E-state index contributed by atoms with van der Waals surface area (Å²) in [5.74, 6) is -1.30. The molecule has 0 aliphatic carbocycles. The highest BCUT2D eigenvalue weighted by Crippen LogP contribution is 2.50. The Kier molecular flexibility index (Phi) is 3.73. The van der Waals surface area contributed by atoms with Gasteiger partial charge in [0.2, 0.25) is 0 Å². The maximum absolute atomic E-state index is 12.6. The number of rotatable bonds is 2. The third-order valence-corrected chi connectivity index (χ3v) is 8.94. The van der Waals surface area contributed by atoms with Crippen molar-refractivity contribution in [2.75, 3.05) is 11.5 Å². The first-order valence-corrected chi connectivity index (χ1v) is 11.4. The van der Waals surface area contributed by atoms with E-state index in [0.717, 1.165) is 6.07 Å². The van der Waals surface area contributed by atoms with Crippen LogP contribution in [-0.4, -0.2) is 33.3 Å². The van der Waals surface area contributed by atoms with Gasteiger partial charge in [-0.2, -0.15) is 0 Å². The SMILES string of the molecule is O=[N+]([O-])c1cc(C2C3=C(CCS3(=O)=O)NC3=C2S(=O)(=O)CC3)ccc1Cl. The Bertz CT molecular complexity index is 1080. The zero-order valence-electron chi connectivity index (χ0n) is 13.2. The Morgan fingerprint density at radius 3 is 2.08 bits per heavy atom. The van der Waals surface area contributed by atoms with Gasteiger partial charge in [-0.3, -0.25) is 10.1 Å². The van der Waals surface area contributed by atoms with Gasteiger partial charge in [0.15, 0.2) is 19.7 Å². The van der Waals surface area contributed by atoms with Crippen molar-refractivity contribution in [1.29, 1.82) is 0 Å². The van der Waals surface area contributed by atoms with E-state index in [-0.39, 0.29) is 44.7 Å². The van der Waals surface area contributed by atoms with Crippen molar-refractivity contribution in [3.63, 3.8) is 0 Å². The maximum Gasteiger partial charge on any atom is 0.288 e. The monoisotopic (exact) mass is 416 g/mol. The highest BCUT2D eigenvalue weighted by molar-refractivity contribution is 7.96. The Labute approximate surface area is 154 Å². The van der Waals surface area contributed by atoms with Crippen molar-refractivity contribution < 1.29 is 21.8 Å². The van der Waals surface area contributed by atoms with E-state index in [9.17, 15) is 26.9 Å². The van der Waals surface area contributed by atoms with Gasteiger partial charge in [-0.1, -0.05) is 17.7 Å². The number of sulfone groups is 2. The van der Waals surface area contributed by atoms with Gasteiger partial charge in [0, 0.05) is 30.3 Å². The molecule has 0 spiro atoms. The molecule has 138 valence electrons. The van der Waals surface area contributed by atoms with E-state index in [1.54, 1.807) is 0 Å². The zero-order valence-corrected chi connectivity index (χ0v) is 15.6. The highest BCUT2D eigenvalue weighted by Gasteiger charge is 2.48. The Morgan fingerprint density at radius 2 is 1.58 bits per heavy atom. The molecule has 0 unspecified atom stereocenters. The number of nitro groups is 1. The Morgan fingerprint density at radius 1 is 1.04 bits per heavy atom. The topological polar surface area (TPSA) is 123 Å². The molecule has 3 heterocycles. The van der Waals surface area contributed by atoms with Crippen LogP contribution in [0.2, 0.25) is 5.02 Å². The summed E-state index contributed by atoms with van der Waals surface area (Å²) in [4.78, 5) is 10.5. The van der Waals surface area contributed by atoms with Gasteiger partial charge in [0.1, 0.15) is 5.02 Å². The molecule has 0 saturated carbocycles. The summed E-state index contributed by atoms with van der Waals surface area (Å²) >= 11 is 5.85. The van der Waals surface area contributed by atoms with Gasteiger partial charge in [-0.25, -0.2) is 16.8 Å². The van der Waals surface area contributed by atoms with Crippen LogP contribution in [0.15, 0.2) is 39.4 Å². The molecule has 1 aromatic rings. The lowest BCUT2D eigenvalue weighted by molar-refractivity contribution is -0.384. The molecule has 0 bridgehead atoms. The summed E-state index contributed by atoms with van der Waals surface area (Å²) in [6, 6.07) is 3.90. The van der Waals surface area contributed by atoms with Crippen LogP contribution >= 0.6 is 11.6 Å². The van der Waals surface area contributed by atoms with Crippen LogP contribution in [0.25, 0.3) is 0 Å². The summed E-state index contributed by atoms with van der Waals surface area (Å²) in [5, 5.41) is 14.1. The van der Waals surface area contributed by atoms with Crippen molar-refractivity contribution in [3.05, 3.63) is 60.1 Å². The number of allylic oxidation sites excluding steroid dienone is 4. The summed E-state index contributed by atoms with van der Waals surface area (Å²) in [5.41, 5.74) is 0.795. The largest absolute Gasteiger partial charge is 0.361 e.